The summed E-state index contributed by atoms with van der Waals surface area (Å²) in [6, 6.07) is 6.99. The van der Waals surface area contributed by atoms with Crippen molar-refractivity contribution >= 4 is 22.7 Å². The average molecular weight is 204 g/mol. The summed E-state index contributed by atoms with van der Waals surface area (Å²) in [7, 11) is 1.81. The van der Waals surface area contributed by atoms with Crippen molar-refractivity contribution < 1.29 is 5.11 Å². The van der Waals surface area contributed by atoms with Gasteiger partial charge in [-0.2, -0.15) is 0 Å². The van der Waals surface area contributed by atoms with Crippen LogP contribution in [0.2, 0.25) is 0 Å². The van der Waals surface area contributed by atoms with E-state index in [4.69, 9.17) is 5.11 Å². The van der Waals surface area contributed by atoms with Crippen molar-refractivity contribution in [3.63, 3.8) is 0 Å². The molecule has 3 heteroatoms. The summed E-state index contributed by atoms with van der Waals surface area (Å²) in [4.78, 5) is 0. The van der Waals surface area contributed by atoms with Crippen molar-refractivity contribution in [2.24, 2.45) is 0 Å². The van der Waals surface area contributed by atoms with Gasteiger partial charge >= 0.3 is 0 Å². The van der Waals surface area contributed by atoms with E-state index in [0.717, 1.165) is 5.69 Å². The van der Waals surface area contributed by atoms with Crippen molar-refractivity contribution in [2.45, 2.75) is 0 Å². The molecule has 0 amide bonds. The fourth-order valence-electron chi connectivity index (χ4n) is 0.661. The Kier molecular flexibility index (Phi) is 3.88. The quantitative estimate of drug-likeness (QED) is 0.733. The highest BCUT2D eigenvalue weighted by molar-refractivity contribution is 8.93. The van der Waals surface area contributed by atoms with Gasteiger partial charge in [-0.05, 0) is 12.1 Å². The second-order valence-electron chi connectivity index (χ2n) is 1.80. The Morgan fingerprint density at radius 2 is 2.10 bits per heavy atom. The predicted molar refractivity (Wildman–Crippen MR) is 48.0 cm³/mol. The molecule has 1 rings (SSSR count). The third kappa shape index (κ3) is 2.27. The molecule has 2 N–H and O–H groups in total. The highest BCUT2D eigenvalue weighted by atomic mass is 79.9. The van der Waals surface area contributed by atoms with Gasteiger partial charge in [0.1, 0.15) is 5.75 Å². The second-order valence-corrected chi connectivity index (χ2v) is 1.80. The molecule has 0 heterocycles. The van der Waals surface area contributed by atoms with Crippen molar-refractivity contribution in [1.82, 2.24) is 0 Å². The van der Waals surface area contributed by atoms with E-state index in [9.17, 15) is 0 Å². The maximum Gasteiger partial charge on any atom is 0.117 e. The van der Waals surface area contributed by atoms with Crippen LogP contribution in [0.25, 0.3) is 0 Å². The summed E-state index contributed by atoms with van der Waals surface area (Å²) in [6.07, 6.45) is 0. The number of hydrogen-bond acceptors (Lipinski definition) is 2. The van der Waals surface area contributed by atoms with E-state index in [-0.39, 0.29) is 17.0 Å². The van der Waals surface area contributed by atoms with E-state index in [0.29, 0.717) is 5.75 Å². The molecule has 0 radical (unpaired) electrons. The Balaban J connectivity index is 0.000000810. The molecule has 0 saturated carbocycles. The summed E-state index contributed by atoms with van der Waals surface area (Å²) in [5, 5.41) is 11.8. The molecule has 0 aromatic heterocycles. The van der Waals surface area contributed by atoms with E-state index in [1.54, 1.807) is 18.2 Å². The molecular weight excluding hydrogens is 194 g/mol. The molecule has 0 atom stereocenters. The van der Waals surface area contributed by atoms with E-state index in [1.807, 2.05) is 13.1 Å². The minimum absolute atomic E-state index is 0. The zero-order valence-electron chi connectivity index (χ0n) is 5.66. The maximum atomic E-state index is 8.90. The smallest absolute Gasteiger partial charge is 0.117 e. The number of halogens is 1. The van der Waals surface area contributed by atoms with Crippen LogP contribution in [0.5, 0.6) is 5.75 Å². The van der Waals surface area contributed by atoms with Gasteiger partial charge in [0.2, 0.25) is 0 Å². The van der Waals surface area contributed by atoms with E-state index in [1.165, 1.54) is 0 Å². The number of hydrogen-bond donors (Lipinski definition) is 2. The third-order valence-corrected chi connectivity index (χ3v) is 1.13. The van der Waals surface area contributed by atoms with Crippen LogP contribution in [-0.4, -0.2) is 12.2 Å². The molecule has 56 valence electrons. The first-order chi connectivity index (χ1) is 4.33. The molecular formula is C7H10BrNO. The van der Waals surface area contributed by atoms with Crippen LogP contribution in [0, 0.1) is 0 Å². The van der Waals surface area contributed by atoms with Crippen molar-refractivity contribution in [1.29, 1.82) is 0 Å². The van der Waals surface area contributed by atoms with Crippen LogP contribution in [0.4, 0.5) is 5.69 Å². The largest absolute Gasteiger partial charge is 0.508 e. The SMILES string of the molecule is Br.CNc1cccc(O)c1. The van der Waals surface area contributed by atoms with Gasteiger partial charge in [0, 0.05) is 18.8 Å². The number of phenols is 1. The van der Waals surface area contributed by atoms with Gasteiger partial charge in [-0.1, -0.05) is 6.07 Å². The number of rotatable bonds is 1. The van der Waals surface area contributed by atoms with Crippen LogP contribution in [0.1, 0.15) is 0 Å². The number of benzene rings is 1. The lowest BCUT2D eigenvalue weighted by molar-refractivity contribution is 0.475. The van der Waals surface area contributed by atoms with Crippen LogP contribution < -0.4 is 5.32 Å². The fraction of sp³-hybridized carbons (Fsp3) is 0.143. The van der Waals surface area contributed by atoms with Gasteiger partial charge in [-0.3, -0.25) is 0 Å². The lowest BCUT2D eigenvalue weighted by Crippen LogP contribution is -1.85. The molecule has 0 unspecified atom stereocenters. The molecule has 0 saturated heterocycles. The van der Waals surface area contributed by atoms with Gasteiger partial charge in [-0.15, -0.1) is 17.0 Å². The number of nitrogens with one attached hydrogen (secondary N) is 1. The molecule has 0 fully saturated rings. The highest BCUT2D eigenvalue weighted by Gasteiger charge is 1.86. The maximum absolute atomic E-state index is 8.90. The number of anilines is 1. The monoisotopic (exact) mass is 203 g/mol. The minimum atomic E-state index is 0. The summed E-state index contributed by atoms with van der Waals surface area (Å²) >= 11 is 0. The molecule has 1 aromatic carbocycles. The second kappa shape index (κ2) is 4.17. The fourth-order valence-corrected chi connectivity index (χ4v) is 0.661. The Bertz CT molecular complexity index is 203. The average Bonchev–Trinajstić information content (AvgIpc) is 1.88. The first-order valence-corrected chi connectivity index (χ1v) is 2.79. The predicted octanol–water partition coefficient (Wildman–Crippen LogP) is 2.01. The Hall–Kier alpha value is -0.700. The zero-order chi connectivity index (χ0) is 6.69. The lowest BCUT2D eigenvalue weighted by atomic mass is 10.3. The first kappa shape index (κ1) is 9.30. The highest BCUT2D eigenvalue weighted by Crippen LogP contribution is 2.13. The zero-order valence-corrected chi connectivity index (χ0v) is 7.38. The van der Waals surface area contributed by atoms with Gasteiger partial charge in [0.25, 0.3) is 0 Å². The van der Waals surface area contributed by atoms with Crippen molar-refractivity contribution in [3.8, 4) is 5.75 Å². The molecule has 0 aliphatic heterocycles. The van der Waals surface area contributed by atoms with E-state index < -0.39 is 0 Å². The first-order valence-electron chi connectivity index (χ1n) is 2.79. The van der Waals surface area contributed by atoms with Crippen molar-refractivity contribution in [3.05, 3.63) is 24.3 Å². The summed E-state index contributed by atoms with van der Waals surface area (Å²) < 4.78 is 0. The molecule has 0 spiro atoms. The van der Waals surface area contributed by atoms with Crippen LogP contribution in [0.3, 0.4) is 0 Å². The van der Waals surface area contributed by atoms with Gasteiger partial charge < -0.3 is 10.4 Å². The minimum Gasteiger partial charge on any atom is -0.508 e. The van der Waals surface area contributed by atoms with Crippen molar-refractivity contribution in [2.75, 3.05) is 12.4 Å². The lowest BCUT2D eigenvalue weighted by Gasteiger charge is -1.97. The molecule has 0 aliphatic rings. The van der Waals surface area contributed by atoms with Crippen LogP contribution in [0.15, 0.2) is 24.3 Å². The van der Waals surface area contributed by atoms with Crippen LogP contribution >= 0.6 is 17.0 Å². The third-order valence-electron chi connectivity index (χ3n) is 1.13. The van der Waals surface area contributed by atoms with Gasteiger partial charge in [0.15, 0.2) is 0 Å². The number of aromatic hydroxyl groups is 1. The van der Waals surface area contributed by atoms with Gasteiger partial charge in [-0.25, -0.2) is 0 Å². The molecule has 1 aromatic rings. The Morgan fingerprint density at radius 1 is 1.40 bits per heavy atom. The van der Waals surface area contributed by atoms with Crippen LogP contribution in [-0.2, 0) is 0 Å². The number of phenolic OH excluding ortho intramolecular Hbond substituents is 1. The van der Waals surface area contributed by atoms with E-state index >= 15 is 0 Å². The molecule has 0 aliphatic carbocycles. The molecule has 2 nitrogen and oxygen atoms in total. The summed E-state index contributed by atoms with van der Waals surface area (Å²) in [5.74, 6) is 0.293. The topological polar surface area (TPSA) is 32.3 Å². The van der Waals surface area contributed by atoms with Gasteiger partial charge in [0.05, 0.1) is 0 Å². The summed E-state index contributed by atoms with van der Waals surface area (Å²) in [6.45, 7) is 0. The Morgan fingerprint density at radius 3 is 2.50 bits per heavy atom. The molecule has 10 heavy (non-hydrogen) atoms. The molecule has 0 bridgehead atoms. The van der Waals surface area contributed by atoms with E-state index in [2.05, 4.69) is 5.32 Å². The normalized spacial score (nSPS) is 8.10. The summed E-state index contributed by atoms with van der Waals surface area (Å²) in [5.41, 5.74) is 0.926. The Labute approximate surface area is 70.7 Å². The standard InChI is InChI=1S/C7H9NO.BrH/c1-8-6-3-2-4-7(9)5-6;/h2-5,8-9H,1H3;1H.